The second-order valence-electron chi connectivity index (χ2n) is 4.41. The van der Waals surface area contributed by atoms with Crippen molar-refractivity contribution in [2.24, 2.45) is 5.92 Å². The van der Waals surface area contributed by atoms with Crippen molar-refractivity contribution in [2.75, 3.05) is 18.0 Å². The first-order valence-corrected chi connectivity index (χ1v) is 6.37. The number of carbonyl (C=O) groups is 3. The van der Waals surface area contributed by atoms with Gasteiger partial charge in [-0.15, -0.1) is 0 Å². The Bertz CT molecular complexity index is 577. The number of carbonyl (C=O) groups excluding carboxylic acids is 2. The molecule has 1 N–H and O–H groups in total. The molecule has 1 aliphatic rings. The van der Waals surface area contributed by atoms with E-state index in [0.29, 0.717) is 0 Å². The summed E-state index contributed by atoms with van der Waals surface area (Å²) in [6, 6.07) is 4.83. The van der Waals surface area contributed by atoms with Gasteiger partial charge in [-0.3, -0.25) is 14.4 Å². The third-order valence-electron chi connectivity index (χ3n) is 3.31. The fourth-order valence-corrected chi connectivity index (χ4v) is 2.23. The number of carboxylic acid groups (broad SMARTS) is 1. The highest BCUT2D eigenvalue weighted by atomic mass is 16.5. The van der Waals surface area contributed by atoms with Gasteiger partial charge in [0.05, 0.1) is 5.56 Å². The molecule has 0 amide bonds. The van der Waals surface area contributed by atoms with Crippen molar-refractivity contribution in [1.82, 2.24) is 0 Å². The number of ketones is 1. The zero-order valence-electron chi connectivity index (χ0n) is 11.3. The maximum atomic E-state index is 12.0. The topological polar surface area (TPSA) is 83.9 Å². The fraction of sp³-hybridized carbons (Fsp3) is 0.357. The van der Waals surface area contributed by atoms with Crippen LogP contribution in [0.1, 0.15) is 24.2 Å². The monoisotopic (exact) mass is 277 g/mol. The summed E-state index contributed by atoms with van der Waals surface area (Å²) in [5.74, 6) is -4.89. The maximum absolute atomic E-state index is 12.0. The van der Waals surface area contributed by atoms with E-state index in [1.807, 2.05) is 18.7 Å². The summed E-state index contributed by atoms with van der Waals surface area (Å²) in [5.41, 5.74) is 0.955. The Morgan fingerprint density at radius 2 is 1.95 bits per heavy atom. The van der Waals surface area contributed by atoms with Gasteiger partial charge in [-0.05, 0) is 26.0 Å². The first-order valence-electron chi connectivity index (χ1n) is 6.37. The molecule has 0 aromatic heterocycles. The molecule has 2 rings (SSSR count). The van der Waals surface area contributed by atoms with Crippen molar-refractivity contribution in [2.45, 2.75) is 13.8 Å². The van der Waals surface area contributed by atoms with Crippen LogP contribution < -0.4 is 9.64 Å². The average molecular weight is 277 g/mol. The number of anilines is 1. The second kappa shape index (κ2) is 5.32. The van der Waals surface area contributed by atoms with Gasteiger partial charge in [0.1, 0.15) is 5.75 Å². The third-order valence-corrected chi connectivity index (χ3v) is 3.31. The molecule has 0 saturated carbocycles. The zero-order chi connectivity index (χ0) is 14.9. The van der Waals surface area contributed by atoms with Gasteiger partial charge in [0.2, 0.25) is 5.92 Å². The van der Waals surface area contributed by atoms with Crippen molar-refractivity contribution in [3.63, 3.8) is 0 Å². The lowest BCUT2D eigenvalue weighted by molar-refractivity contribution is -0.150. The van der Waals surface area contributed by atoms with Crippen molar-refractivity contribution < 1.29 is 24.2 Å². The summed E-state index contributed by atoms with van der Waals surface area (Å²) in [6.45, 7) is 5.52. The minimum absolute atomic E-state index is 0.127. The highest BCUT2D eigenvalue weighted by molar-refractivity contribution is 6.23. The quantitative estimate of drug-likeness (QED) is 0.508. The molecule has 6 heteroatoms. The third kappa shape index (κ3) is 2.24. The summed E-state index contributed by atoms with van der Waals surface area (Å²) < 4.78 is 4.99. The Hall–Kier alpha value is -2.37. The van der Waals surface area contributed by atoms with Crippen LogP contribution in [0.4, 0.5) is 5.69 Å². The molecule has 0 saturated heterocycles. The molecule has 0 fully saturated rings. The Morgan fingerprint density at radius 3 is 2.50 bits per heavy atom. The largest absolute Gasteiger partial charge is 0.480 e. The summed E-state index contributed by atoms with van der Waals surface area (Å²) in [7, 11) is 0. The number of benzene rings is 1. The van der Waals surface area contributed by atoms with Gasteiger partial charge >= 0.3 is 11.9 Å². The van der Waals surface area contributed by atoms with E-state index in [1.165, 1.54) is 6.07 Å². The van der Waals surface area contributed by atoms with E-state index >= 15 is 0 Å². The van der Waals surface area contributed by atoms with E-state index in [2.05, 4.69) is 0 Å². The number of carboxylic acids is 1. The van der Waals surface area contributed by atoms with E-state index in [0.717, 1.165) is 18.8 Å². The number of hydrogen-bond donors (Lipinski definition) is 1. The molecular weight excluding hydrogens is 262 g/mol. The van der Waals surface area contributed by atoms with E-state index in [9.17, 15) is 14.4 Å². The highest BCUT2D eigenvalue weighted by Crippen LogP contribution is 2.32. The predicted molar refractivity (Wildman–Crippen MR) is 71.1 cm³/mol. The molecule has 1 aliphatic heterocycles. The lowest BCUT2D eigenvalue weighted by Gasteiger charge is -2.24. The Balaban J connectivity index is 2.43. The van der Waals surface area contributed by atoms with Crippen molar-refractivity contribution >= 4 is 23.4 Å². The van der Waals surface area contributed by atoms with E-state index in [1.54, 1.807) is 12.1 Å². The van der Waals surface area contributed by atoms with Crippen LogP contribution in [0.2, 0.25) is 0 Å². The molecule has 20 heavy (non-hydrogen) atoms. The lowest BCUT2D eigenvalue weighted by atomic mass is 9.94. The SMILES string of the molecule is CCN(CC)c1ccc2c(c1)OC(=O)C(C(=O)O)C2=O. The number of nitrogens with zero attached hydrogens (tertiary/aromatic N) is 1. The van der Waals surface area contributed by atoms with Crippen LogP contribution >= 0.6 is 0 Å². The summed E-state index contributed by atoms with van der Waals surface area (Å²) >= 11 is 0. The number of rotatable bonds is 4. The molecule has 1 unspecified atom stereocenters. The summed E-state index contributed by atoms with van der Waals surface area (Å²) in [6.07, 6.45) is 0. The highest BCUT2D eigenvalue weighted by Gasteiger charge is 2.42. The van der Waals surface area contributed by atoms with Gasteiger partial charge in [-0.25, -0.2) is 0 Å². The number of hydrogen-bond acceptors (Lipinski definition) is 5. The van der Waals surface area contributed by atoms with Crippen LogP contribution in [0.3, 0.4) is 0 Å². The number of Topliss-reactive ketones (excluding diaryl/α,β-unsaturated/α-hetero) is 1. The van der Waals surface area contributed by atoms with Crippen LogP contribution in [0.15, 0.2) is 18.2 Å². The van der Waals surface area contributed by atoms with Gasteiger partial charge in [0, 0.05) is 24.8 Å². The molecule has 106 valence electrons. The number of aliphatic carboxylic acids is 1. The normalized spacial score (nSPS) is 17.4. The molecule has 1 heterocycles. The van der Waals surface area contributed by atoms with Crippen LogP contribution in [0.25, 0.3) is 0 Å². The van der Waals surface area contributed by atoms with E-state index in [4.69, 9.17) is 9.84 Å². The zero-order valence-corrected chi connectivity index (χ0v) is 11.3. The van der Waals surface area contributed by atoms with Crippen molar-refractivity contribution in [3.8, 4) is 5.75 Å². The second-order valence-corrected chi connectivity index (χ2v) is 4.41. The van der Waals surface area contributed by atoms with Crippen LogP contribution in [-0.4, -0.2) is 35.9 Å². The minimum atomic E-state index is -1.76. The molecule has 0 radical (unpaired) electrons. The Labute approximate surface area is 115 Å². The van der Waals surface area contributed by atoms with Gasteiger partial charge in [0.15, 0.2) is 5.78 Å². The number of esters is 1. The molecule has 1 aromatic rings. The van der Waals surface area contributed by atoms with Gasteiger partial charge in [-0.1, -0.05) is 0 Å². The Kier molecular flexibility index (Phi) is 3.74. The lowest BCUT2D eigenvalue weighted by Crippen LogP contribution is -2.39. The van der Waals surface area contributed by atoms with Gasteiger partial charge in [-0.2, -0.15) is 0 Å². The number of ether oxygens (including phenoxy) is 1. The smallest absolute Gasteiger partial charge is 0.333 e. The molecule has 6 nitrogen and oxygen atoms in total. The van der Waals surface area contributed by atoms with E-state index in [-0.39, 0.29) is 11.3 Å². The van der Waals surface area contributed by atoms with Gasteiger partial charge in [0.25, 0.3) is 0 Å². The van der Waals surface area contributed by atoms with Crippen molar-refractivity contribution in [3.05, 3.63) is 23.8 Å². The Morgan fingerprint density at radius 1 is 1.30 bits per heavy atom. The predicted octanol–water partition coefficient (Wildman–Crippen LogP) is 1.34. The van der Waals surface area contributed by atoms with Crippen LogP contribution in [0, 0.1) is 5.92 Å². The molecule has 0 aliphatic carbocycles. The summed E-state index contributed by atoms with van der Waals surface area (Å²) in [5, 5.41) is 8.89. The summed E-state index contributed by atoms with van der Waals surface area (Å²) in [4.78, 5) is 36.5. The fourth-order valence-electron chi connectivity index (χ4n) is 2.23. The minimum Gasteiger partial charge on any atom is -0.480 e. The average Bonchev–Trinajstić information content (AvgIpc) is 2.39. The van der Waals surface area contributed by atoms with Gasteiger partial charge < -0.3 is 14.7 Å². The van der Waals surface area contributed by atoms with Crippen LogP contribution in [0.5, 0.6) is 5.75 Å². The maximum Gasteiger partial charge on any atom is 0.333 e. The standard InChI is InChI=1S/C14H15NO5/c1-3-15(4-2)8-5-6-9-10(7-8)20-14(19)11(12(9)16)13(17)18/h5-7,11H,3-4H2,1-2H3,(H,17,18). The van der Waals surface area contributed by atoms with E-state index < -0.39 is 23.6 Å². The molecular formula is C14H15NO5. The molecule has 1 aromatic carbocycles. The first kappa shape index (κ1) is 14.0. The number of fused-ring (bicyclic) bond motifs is 1. The molecule has 1 atom stereocenters. The van der Waals surface area contributed by atoms with Crippen LogP contribution in [-0.2, 0) is 9.59 Å². The molecule has 0 spiro atoms. The first-order chi connectivity index (χ1) is 9.49. The molecule has 0 bridgehead atoms. The van der Waals surface area contributed by atoms with Crippen molar-refractivity contribution in [1.29, 1.82) is 0 Å².